The molecule has 130 valence electrons. The van der Waals surface area contributed by atoms with Crippen molar-refractivity contribution in [2.24, 2.45) is 0 Å². The summed E-state index contributed by atoms with van der Waals surface area (Å²) in [4.78, 5) is 27.7. The van der Waals surface area contributed by atoms with Crippen molar-refractivity contribution < 1.29 is 14.7 Å². The van der Waals surface area contributed by atoms with Gasteiger partial charge in [-0.05, 0) is 37.0 Å². The number of likely N-dealkylation sites (N-methyl/N-ethyl adjacent to an activating group) is 1. The van der Waals surface area contributed by atoms with E-state index in [0.717, 1.165) is 44.2 Å². The second kappa shape index (κ2) is 6.93. The third-order valence-electron chi connectivity index (χ3n) is 5.16. The van der Waals surface area contributed by atoms with Crippen LogP contribution in [0.5, 0.6) is 0 Å². The summed E-state index contributed by atoms with van der Waals surface area (Å²) in [5.41, 5.74) is 0.940. The normalized spacial score (nSPS) is 19.8. The van der Waals surface area contributed by atoms with Gasteiger partial charge in [-0.25, -0.2) is 0 Å². The van der Waals surface area contributed by atoms with Crippen LogP contribution in [0.2, 0.25) is 0 Å². The minimum Gasteiger partial charge on any atom is -0.388 e. The molecule has 2 aliphatic rings. The van der Waals surface area contributed by atoms with Crippen molar-refractivity contribution in [2.75, 3.05) is 20.1 Å². The molecule has 1 N–H and O–H groups in total. The average Bonchev–Trinajstić information content (AvgIpc) is 3.16. The molecule has 3 rings (SSSR count). The van der Waals surface area contributed by atoms with Gasteiger partial charge in [0.1, 0.15) is 0 Å². The van der Waals surface area contributed by atoms with Crippen LogP contribution in [0, 0.1) is 0 Å². The van der Waals surface area contributed by atoms with E-state index in [9.17, 15) is 14.7 Å². The Morgan fingerprint density at radius 2 is 1.88 bits per heavy atom. The molecule has 1 aromatic carbocycles. The second-order valence-corrected chi connectivity index (χ2v) is 7.21. The highest BCUT2D eigenvalue weighted by Gasteiger charge is 2.33. The van der Waals surface area contributed by atoms with Gasteiger partial charge in [-0.15, -0.1) is 0 Å². The molecular weight excluding hydrogens is 304 g/mol. The van der Waals surface area contributed by atoms with Crippen LogP contribution in [0.4, 0.5) is 0 Å². The zero-order valence-corrected chi connectivity index (χ0v) is 14.3. The number of hydrogen-bond acceptors (Lipinski definition) is 3. The number of aliphatic hydroxyl groups is 1. The summed E-state index contributed by atoms with van der Waals surface area (Å²) in [6, 6.07) is 7.45. The first-order valence-electron chi connectivity index (χ1n) is 8.81. The molecule has 0 unspecified atom stereocenters. The van der Waals surface area contributed by atoms with E-state index in [0.29, 0.717) is 25.1 Å². The maximum absolute atomic E-state index is 12.5. The van der Waals surface area contributed by atoms with E-state index in [1.54, 1.807) is 11.9 Å². The predicted octanol–water partition coefficient (Wildman–Crippen LogP) is 2.19. The van der Waals surface area contributed by atoms with Crippen molar-refractivity contribution in [1.29, 1.82) is 0 Å². The summed E-state index contributed by atoms with van der Waals surface area (Å²) in [6.45, 7) is 1.82. The number of amides is 2. The van der Waals surface area contributed by atoms with E-state index in [4.69, 9.17) is 0 Å². The van der Waals surface area contributed by atoms with Gasteiger partial charge in [0.05, 0.1) is 5.60 Å². The van der Waals surface area contributed by atoms with Crippen LogP contribution < -0.4 is 0 Å². The monoisotopic (exact) mass is 330 g/mol. The average molecular weight is 330 g/mol. The lowest BCUT2D eigenvalue weighted by molar-refractivity contribution is -0.128. The molecule has 0 bridgehead atoms. The molecule has 1 heterocycles. The molecule has 1 aromatic rings. The topological polar surface area (TPSA) is 60.9 Å². The molecule has 5 heteroatoms. The summed E-state index contributed by atoms with van der Waals surface area (Å²) in [5, 5.41) is 10.5. The number of carbonyl (C=O) groups excluding carboxylic acids is 2. The molecule has 1 aliphatic carbocycles. The molecule has 1 saturated carbocycles. The largest absolute Gasteiger partial charge is 0.388 e. The van der Waals surface area contributed by atoms with E-state index < -0.39 is 5.60 Å². The van der Waals surface area contributed by atoms with Crippen LogP contribution in [0.3, 0.4) is 0 Å². The van der Waals surface area contributed by atoms with Gasteiger partial charge in [-0.1, -0.05) is 25.0 Å². The van der Waals surface area contributed by atoms with Gasteiger partial charge < -0.3 is 14.9 Å². The Morgan fingerprint density at radius 3 is 2.46 bits per heavy atom. The molecule has 24 heavy (non-hydrogen) atoms. The molecule has 1 saturated heterocycles. The third kappa shape index (κ3) is 3.78. The molecule has 2 amide bonds. The van der Waals surface area contributed by atoms with Gasteiger partial charge >= 0.3 is 0 Å². The van der Waals surface area contributed by atoms with E-state index >= 15 is 0 Å². The first-order valence-corrected chi connectivity index (χ1v) is 8.81. The minimum absolute atomic E-state index is 0.0703. The smallest absolute Gasteiger partial charge is 0.253 e. The van der Waals surface area contributed by atoms with Crippen LogP contribution in [0.1, 0.15) is 54.4 Å². The highest BCUT2D eigenvalue weighted by atomic mass is 16.3. The lowest BCUT2D eigenvalue weighted by Gasteiger charge is -2.28. The molecule has 0 aromatic heterocycles. The fourth-order valence-corrected chi connectivity index (χ4v) is 3.77. The Hall–Kier alpha value is -1.88. The van der Waals surface area contributed by atoms with Crippen molar-refractivity contribution in [3.63, 3.8) is 0 Å². The van der Waals surface area contributed by atoms with Crippen molar-refractivity contribution in [1.82, 2.24) is 9.80 Å². The van der Waals surface area contributed by atoms with Gasteiger partial charge in [0.2, 0.25) is 5.91 Å². The zero-order valence-electron chi connectivity index (χ0n) is 14.3. The minimum atomic E-state index is -0.722. The van der Waals surface area contributed by atoms with E-state index in [1.165, 1.54) is 0 Å². The Labute approximate surface area is 143 Å². The summed E-state index contributed by atoms with van der Waals surface area (Å²) >= 11 is 0. The third-order valence-corrected chi connectivity index (χ3v) is 5.16. The van der Waals surface area contributed by atoms with Gasteiger partial charge in [0.15, 0.2) is 0 Å². The lowest BCUT2D eigenvalue weighted by Crippen LogP contribution is -2.42. The zero-order chi connectivity index (χ0) is 17.2. The molecule has 1 aliphatic heterocycles. The maximum Gasteiger partial charge on any atom is 0.253 e. The standard InChI is InChI=1S/C19H26N2O3/c1-20(14-19(24)10-2-3-11-19)18(23)16-8-6-15(7-9-16)13-21-12-4-5-17(21)22/h6-9,24H,2-5,10-14H2,1H3. The van der Waals surface area contributed by atoms with Crippen molar-refractivity contribution >= 4 is 11.8 Å². The fraction of sp³-hybridized carbons (Fsp3) is 0.579. The maximum atomic E-state index is 12.5. The fourth-order valence-electron chi connectivity index (χ4n) is 3.77. The van der Waals surface area contributed by atoms with Crippen molar-refractivity contribution in [3.8, 4) is 0 Å². The van der Waals surface area contributed by atoms with Gasteiger partial charge in [-0.3, -0.25) is 9.59 Å². The van der Waals surface area contributed by atoms with Gasteiger partial charge in [0.25, 0.3) is 5.91 Å². The summed E-state index contributed by atoms with van der Waals surface area (Å²) in [6.07, 6.45) is 5.18. The molecule has 0 atom stereocenters. The summed E-state index contributed by atoms with van der Waals surface area (Å²) in [5.74, 6) is 0.138. The van der Waals surface area contributed by atoms with E-state index in [-0.39, 0.29) is 11.8 Å². The molecule has 2 fully saturated rings. The quantitative estimate of drug-likeness (QED) is 0.900. The van der Waals surface area contributed by atoms with Crippen LogP contribution in [-0.4, -0.2) is 52.5 Å². The number of benzene rings is 1. The number of nitrogens with zero attached hydrogens (tertiary/aromatic N) is 2. The number of rotatable bonds is 5. The Bertz CT molecular complexity index is 606. The highest BCUT2D eigenvalue weighted by Crippen LogP contribution is 2.30. The van der Waals surface area contributed by atoms with Crippen LogP contribution >= 0.6 is 0 Å². The highest BCUT2D eigenvalue weighted by molar-refractivity contribution is 5.94. The van der Waals surface area contributed by atoms with Gasteiger partial charge in [-0.2, -0.15) is 0 Å². The number of carbonyl (C=O) groups is 2. The molecule has 0 spiro atoms. The first-order chi connectivity index (χ1) is 11.5. The Morgan fingerprint density at radius 1 is 1.21 bits per heavy atom. The molecule has 0 radical (unpaired) electrons. The van der Waals surface area contributed by atoms with E-state index in [1.807, 2.05) is 29.2 Å². The first kappa shape index (κ1) is 17.0. The Kier molecular flexibility index (Phi) is 4.90. The number of likely N-dealkylation sites (tertiary alicyclic amines) is 1. The van der Waals surface area contributed by atoms with Crippen molar-refractivity contribution in [3.05, 3.63) is 35.4 Å². The number of hydrogen-bond donors (Lipinski definition) is 1. The van der Waals surface area contributed by atoms with Gasteiger partial charge in [0, 0.05) is 38.7 Å². The summed E-state index contributed by atoms with van der Waals surface area (Å²) < 4.78 is 0. The van der Waals surface area contributed by atoms with Crippen LogP contribution in [0.15, 0.2) is 24.3 Å². The SMILES string of the molecule is CN(CC1(O)CCCC1)C(=O)c1ccc(CN2CCCC2=O)cc1. The molecule has 5 nitrogen and oxygen atoms in total. The van der Waals surface area contributed by atoms with Crippen LogP contribution in [0.25, 0.3) is 0 Å². The van der Waals surface area contributed by atoms with Crippen LogP contribution in [-0.2, 0) is 11.3 Å². The predicted molar refractivity (Wildman–Crippen MR) is 91.5 cm³/mol. The van der Waals surface area contributed by atoms with Crippen molar-refractivity contribution in [2.45, 2.75) is 50.7 Å². The lowest BCUT2D eigenvalue weighted by atomic mass is 10.0. The second-order valence-electron chi connectivity index (χ2n) is 7.21. The summed E-state index contributed by atoms with van der Waals surface area (Å²) in [7, 11) is 1.75. The molecular formula is C19H26N2O3. The van der Waals surface area contributed by atoms with E-state index in [2.05, 4.69) is 0 Å². The Balaban J connectivity index is 1.59.